The van der Waals surface area contributed by atoms with E-state index in [9.17, 15) is 14.9 Å². The molecule has 0 saturated heterocycles. The predicted molar refractivity (Wildman–Crippen MR) is 86.3 cm³/mol. The highest BCUT2D eigenvalue weighted by Crippen LogP contribution is 2.15. The Morgan fingerprint density at radius 2 is 1.91 bits per heavy atom. The molecule has 120 valence electrons. The number of aliphatic hydroxyl groups is 1. The van der Waals surface area contributed by atoms with Gasteiger partial charge >= 0.3 is 0 Å². The van der Waals surface area contributed by atoms with Crippen LogP contribution in [0.1, 0.15) is 15.9 Å². The monoisotopic (exact) mass is 315 g/mol. The fourth-order valence-corrected chi connectivity index (χ4v) is 1.98. The summed E-state index contributed by atoms with van der Waals surface area (Å²) in [5, 5.41) is 25.1. The van der Waals surface area contributed by atoms with Crippen molar-refractivity contribution in [3.05, 3.63) is 69.8 Å². The molecular weight excluding hydrogens is 298 g/mol. The van der Waals surface area contributed by atoms with Crippen molar-refractivity contribution in [3.63, 3.8) is 0 Å². The zero-order chi connectivity index (χ0) is 16.7. The Labute approximate surface area is 133 Å². The van der Waals surface area contributed by atoms with Crippen molar-refractivity contribution in [2.75, 3.05) is 18.5 Å². The summed E-state index contributed by atoms with van der Waals surface area (Å²) in [5.74, 6) is -0.252. The summed E-state index contributed by atoms with van der Waals surface area (Å²) in [5.41, 5.74) is 2.20. The number of nitro benzene ring substituents is 1. The van der Waals surface area contributed by atoms with E-state index in [4.69, 9.17) is 5.11 Å². The van der Waals surface area contributed by atoms with E-state index in [1.54, 1.807) is 30.3 Å². The normalized spacial score (nSPS) is 10.1. The zero-order valence-electron chi connectivity index (χ0n) is 12.4. The number of non-ortho nitro benzene ring substituents is 1. The number of hydrogen-bond acceptors (Lipinski definition) is 5. The number of nitro groups is 1. The molecule has 0 aliphatic carbocycles. The van der Waals surface area contributed by atoms with E-state index in [1.807, 2.05) is 6.07 Å². The molecule has 7 nitrogen and oxygen atoms in total. The first-order chi connectivity index (χ1) is 11.1. The van der Waals surface area contributed by atoms with Crippen LogP contribution in [0.25, 0.3) is 0 Å². The smallest absolute Gasteiger partial charge is 0.269 e. The highest BCUT2D eigenvalue weighted by atomic mass is 16.6. The maximum absolute atomic E-state index is 11.8. The molecule has 0 unspecified atom stereocenters. The van der Waals surface area contributed by atoms with Gasteiger partial charge in [0, 0.05) is 36.5 Å². The topological polar surface area (TPSA) is 104 Å². The minimum atomic E-state index is -0.439. The van der Waals surface area contributed by atoms with Crippen LogP contribution in [-0.4, -0.2) is 29.1 Å². The maximum atomic E-state index is 11.8. The van der Waals surface area contributed by atoms with E-state index < -0.39 is 4.92 Å². The average molecular weight is 315 g/mol. The van der Waals surface area contributed by atoms with Gasteiger partial charge in [-0.05, 0) is 23.8 Å². The minimum absolute atomic E-state index is 0.0521. The second kappa shape index (κ2) is 7.90. The lowest BCUT2D eigenvalue weighted by Gasteiger charge is -2.09. The van der Waals surface area contributed by atoms with Gasteiger partial charge in [-0.15, -0.1) is 0 Å². The summed E-state index contributed by atoms with van der Waals surface area (Å²) in [6.07, 6.45) is 0. The van der Waals surface area contributed by atoms with E-state index >= 15 is 0 Å². The van der Waals surface area contributed by atoms with Crippen molar-refractivity contribution >= 4 is 17.3 Å². The molecule has 0 spiro atoms. The molecule has 0 fully saturated rings. The van der Waals surface area contributed by atoms with Crippen molar-refractivity contribution in [2.24, 2.45) is 0 Å². The van der Waals surface area contributed by atoms with E-state index in [2.05, 4.69) is 10.6 Å². The number of anilines is 1. The standard InChI is InChI=1S/C16H17N3O4/c20-9-8-17-16(21)13-2-1-3-14(10-13)18-11-12-4-6-15(7-5-12)19(22)23/h1-7,10,18,20H,8-9,11H2,(H,17,21). The molecule has 0 atom stereocenters. The molecular formula is C16H17N3O4. The highest BCUT2D eigenvalue weighted by Gasteiger charge is 2.06. The Bertz CT molecular complexity index is 686. The van der Waals surface area contributed by atoms with Gasteiger partial charge in [-0.2, -0.15) is 0 Å². The molecule has 2 rings (SSSR count). The van der Waals surface area contributed by atoms with Crippen LogP contribution in [0.4, 0.5) is 11.4 Å². The average Bonchev–Trinajstić information content (AvgIpc) is 2.58. The van der Waals surface area contributed by atoms with Crippen molar-refractivity contribution in [1.29, 1.82) is 0 Å². The largest absolute Gasteiger partial charge is 0.395 e. The van der Waals surface area contributed by atoms with Gasteiger partial charge in [0.1, 0.15) is 0 Å². The van der Waals surface area contributed by atoms with Crippen molar-refractivity contribution in [2.45, 2.75) is 6.54 Å². The van der Waals surface area contributed by atoms with Crippen LogP contribution in [0.3, 0.4) is 0 Å². The molecule has 0 aliphatic rings. The first-order valence-corrected chi connectivity index (χ1v) is 7.06. The van der Waals surface area contributed by atoms with Crippen LogP contribution in [0.5, 0.6) is 0 Å². The Kier molecular flexibility index (Phi) is 5.65. The first-order valence-electron chi connectivity index (χ1n) is 7.06. The van der Waals surface area contributed by atoms with E-state index in [-0.39, 0.29) is 24.7 Å². The Morgan fingerprint density at radius 1 is 1.17 bits per heavy atom. The summed E-state index contributed by atoms with van der Waals surface area (Å²) in [4.78, 5) is 22.0. The number of rotatable bonds is 7. The quantitative estimate of drug-likeness (QED) is 0.535. The third kappa shape index (κ3) is 4.79. The fraction of sp³-hybridized carbons (Fsp3) is 0.188. The molecule has 0 bridgehead atoms. The molecule has 0 aliphatic heterocycles. The number of carbonyl (C=O) groups is 1. The minimum Gasteiger partial charge on any atom is -0.395 e. The number of benzene rings is 2. The molecule has 0 radical (unpaired) electrons. The van der Waals surface area contributed by atoms with Crippen LogP contribution >= 0.6 is 0 Å². The van der Waals surface area contributed by atoms with Gasteiger partial charge in [-0.1, -0.05) is 18.2 Å². The summed E-state index contributed by atoms with van der Waals surface area (Å²) < 4.78 is 0. The van der Waals surface area contributed by atoms with Crippen molar-refractivity contribution in [1.82, 2.24) is 5.32 Å². The van der Waals surface area contributed by atoms with Gasteiger partial charge in [0.15, 0.2) is 0 Å². The molecule has 0 saturated carbocycles. The number of aliphatic hydroxyl groups excluding tert-OH is 1. The van der Waals surface area contributed by atoms with Crippen LogP contribution < -0.4 is 10.6 Å². The molecule has 0 aromatic heterocycles. The second-order valence-corrected chi connectivity index (χ2v) is 4.84. The van der Waals surface area contributed by atoms with Crippen LogP contribution in [-0.2, 0) is 6.54 Å². The molecule has 2 aromatic rings. The number of amides is 1. The summed E-state index contributed by atoms with van der Waals surface area (Å²) in [6.45, 7) is 0.586. The van der Waals surface area contributed by atoms with E-state index in [0.29, 0.717) is 12.1 Å². The lowest BCUT2D eigenvalue weighted by atomic mass is 10.1. The van der Waals surface area contributed by atoms with Crippen LogP contribution in [0.15, 0.2) is 48.5 Å². The van der Waals surface area contributed by atoms with Gasteiger partial charge < -0.3 is 15.7 Å². The van der Waals surface area contributed by atoms with Crippen LogP contribution in [0, 0.1) is 10.1 Å². The van der Waals surface area contributed by atoms with Gasteiger partial charge in [0.2, 0.25) is 0 Å². The Balaban J connectivity index is 1.97. The zero-order valence-corrected chi connectivity index (χ0v) is 12.4. The van der Waals surface area contributed by atoms with Crippen molar-refractivity contribution in [3.8, 4) is 0 Å². The third-order valence-corrected chi connectivity index (χ3v) is 3.17. The molecule has 1 amide bonds. The third-order valence-electron chi connectivity index (χ3n) is 3.17. The highest BCUT2D eigenvalue weighted by molar-refractivity contribution is 5.95. The molecule has 7 heteroatoms. The number of hydrogen-bond donors (Lipinski definition) is 3. The first kappa shape index (κ1) is 16.4. The lowest BCUT2D eigenvalue weighted by molar-refractivity contribution is -0.384. The fourth-order valence-electron chi connectivity index (χ4n) is 1.98. The Morgan fingerprint density at radius 3 is 2.57 bits per heavy atom. The summed E-state index contributed by atoms with van der Waals surface area (Å²) >= 11 is 0. The maximum Gasteiger partial charge on any atom is 0.269 e. The number of nitrogens with one attached hydrogen (secondary N) is 2. The number of carbonyl (C=O) groups excluding carboxylic acids is 1. The molecule has 0 heterocycles. The van der Waals surface area contributed by atoms with Gasteiger partial charge in [0.05, 0.1) is 11.5 Å². The van der Waals surface area contributed by atoms with Gasteiger partial charge in [-0.25, -0.2) is 0 Å². The lowest BCUT2D eigenvalue weighted by Crippen LogP contribution is -2.26. The van der Waals surface area contributed by atoms with Gasteiger partial charge in [0.25, 0.3) is 11.6 Å². The molecule has 2 aromatic carbocycles. The van der Waals surface area contributed by atoms with Crippen LogP contribution in [0.2, 0.25) is 0 Å². The van der Waals surface area contributed by atoms with E-state index in [1.165, 1.54) is 12.1 Å². The molecule has 3 N–H and O–H groups in total. The van der Waals surface area contributed by atoms with Crippen molar-refractivity contribution < 1.29 is 14.8 Å². The summed E-state index contributed by atoms with van der Waals surface area (Å²) in [6, 6.07) is 13.2. The molecule has 23 heavy (non-hydrogen) atoms. The predicted octanol–water partition coefficient (Wildman–Crippen LogP) is 1.93. The SMILES string of the molecule is O=C(NCCO)c1cccc(NCc2ccc([N+](=O)[O-])cc2)c1. The van der Waals surface area contributed by atoms with E-state index in [0.717, 1.165) is 11.3 Å². The summed E-state index contributed by atoms with van der Waals surface area (Å²) in [7, 11) is 0. The van der Waals surface area contributed by atoms with Gasteiger partial charge in [-0.3, -0.25) is 14.9 Å². The second-order valence-electron chi connectivity index (χ2n) is 4.84. The number of nitrogens with zero attached hydrogens (tertiary/aromatic N) is 1. The Hall–Kier alpha value is -2.93.